The molecule has 0 atom stereocenters. The quantitative estimate of drug-likeness (QED) is 0.383. The highest BCUT2D eigenvalue weighted by Crippen LogP contribution is 2.36. The normalized spacial score (nSPS) is 13.3. The summed E-state index contributed by atoms with van der Waals surface area (Å²) in [6, 6.07) is 8.08. The number of hydrogen-bond acceptors (Lipinski definition) is 5. The Morgan fingerprint density at radius 3 is 2.09 bits per heavy atom. The standard InChI is InChI=1S/C16H28O5SSi/c1-16(2,3)23(4,5)21-14-12-19-11-13-20-22(17,18)15-9-7-6-8-10-15/h6-10H,11-14H2,1-5H3. The third kappa shape index (κ3) is 6.72. The molecule has 0 aliphatic heterocycles. The Hall–Kier alpha value is -0.733. The number of benzene rings is 1. The van der Waals surface area contributed by atoms with Crippen LogP contribution < -0.4 is 0 Å². The largest absolute Gasteiger partial charge is 0.414 e. The van der Waals surface area contributed by atoms with Crippen LogP contribution in [0.15, 0.2) is 35.2 Å². The lowest BCUT2D eigenvalue weighted by Gasteiger charge is -2.36. The van der Waals surface area contributed by atoms with Crippen molar-refractivity contribution in [2.75, 3.05) is 26.4 Å². The van der Waals surface area contributed by atoms with E-state index < -0.39 is 18.4 Å². The van der Waals surface area contributed by atoms with Crippen molar-refractivity contribution in [2.24, 2.45) is 0 Å². The average molecular weight is 361 g/mol. The number of rotatable bonds is 9. The molecule has 0 radical (unpaired) electrons. The molecular formula is C16H28O5SSi. The van der Waals surface area contributed by atoms with Gasteiger partial charge in [0.15, 0.2) is 8.32 Å². The second-order valence-corrected chi connectivity index (χ2v) is 13.2. The van der Waals surface area contributed by atoms with Crippen molar-refractivity contribution in [3.8, 4) is 0 Å². The highest BCUT2D eigenvalue weighted by molar-refractivity contribution is 7.86. The zero-order valence-corrected chi connectivity index (χ0v) is 16.5. The lowest BCUT2D eigenvalue weighted by molar-refractivity contribution is 0.0744. The average Bonchev–Trinajstić information content (AvgIpc) is 2.46. The van der Waals surface area contributed by atoms with Gasteiger partial charge in [-0.25, -0.2) is 0 Å². The van der Waals surface area contributed by atoms with E-state index in [1.807, 2.05) is 0 Å². The maximum atomic E-state index is 11.9. The molecule has 0 heterocycles. The topological polar surface area (TPSA) is 61.8 Å². The Bertz CT molecular complexity index is 564. The van der Waals surface area contributed by atoms with Crippen LogP contribution in [0.2, 0.25) is 18.1 Å². The van der Waals surface area contributed by atoms with Gasteiger partial charge >= 0.3 is 0 Å². The van der Waals surface area contributed by atoms with Crippen LogP contribution in [0.1, 0.15) is 20.8 Å². The maximum absolute atomic E-state index is 11.9. The first-order chi connectivity index (χ1) is 10.6. The second kappa shape index (κ2) is 8.39. The van der Waals surface area contributed by atoms with Gasteiger partial charge in [0.05, 0.1) is 31.3 Å². The summed E-state index contributed by atoms with van der Waals surface area (Å²) in [7, 11) is -5.45. The van der Waals surface area contributed by atoms with Crippen LogP contribution in [0.25, 0.3) is 0 Å². The SMILES string of the molecule is CC(C)(C)[Si](C)(C)OCCOCCOS(=O)(=O)c1ccccc1. The summed E-state index contributed by atoms with van der Waals surface area (Å²) in [4.78, 5) is 0.154. The van der Waals surface area contributed by atoms with E-state index in [0.29, 0.717) is 13.2 Å². The molecule has 0 amide bonds. The van der Waals surface area contributed by atoms with Gasteiger partial charge in [0.25, 0.3) is 10.1 Å². The summed E-state index contributed by atoms with van der Waals surface area (Å²) < 4.78 is 40.0. The first-order valence-corrected chi connectivity index (χ1v) is 12.0. The molecule has 0 aliphatic carbocycles. The predicted molar refractivity (Wildman–Crippen MR) is 93.5 cm³/mol. The van der Waals surface area contributed by atoms with Crippen molar-refractivity contribution in [3.63, 3.8) is 0 Å². The van der Waals surface area contributed by atoms with Gasteiger partial charge in [-0.05, 0) is 30.3 Å². The van der Waals surface area contributed by atoms with Crippen LogP contribution in [-0.2, 0) is 23.5 Å². The fourth-order valence-electron chi connectivity index (χ4n) is 1.53. The molecule has 0 saturated carbocycles. The van der Waals surface area contributed by atoms with Crippen molar-refractivity contribution in [1.29, 1.82) is 0 Å². The van der Waals surface area contributed by atoms with Gasteiger partial charge in [-0.1, -0.05) is 39.0 Å². The molecule has 0 spiro atoms. The molecule has 7 heteroatoms. The van der Waals surface area contributed by atoms with Crippen molar-refractivity contribution < 1.29 is 21.8 Å². The summed E-state index contributed by atoms with van der Waals surface area (Å²) in [5, 5.41) is 0.167. The van der Waals surface area contributed by atoms with Crippen LogP contribution in [0.5, 0.6) is 0 Å². The summed E-state index contributed by atoms with van der Waals surface area (Å²) in [5.74, 6) is 0. The lowest BCUT2D eigenvalue weighted by Crippen LogP contribution is -2.41. The summed E-state index contributed by atoms with van der Waals surface area (Å²) in [6.45, 7) is 12.1. The Balaban J connectivity index is 2.22. The Morgan fingerprint density at radius 1 is 0.957 bits per heavy atom. The third-order valence-corrected chi connectivity index (χ3v) is 9.86. The van der Waals surface area contributed by atoms with E-state index in [0.717, 1.165) is 0 Å². The minimum Gasteiger partial charge on any atom is -0.414 e. The van der Waals surface area contributed by atoms with Gasteiger partial charge in [-0.15, -0.1) is 0 Å². The first kappa shape index (κ1) is 20.3. The molecule has 5 nitrogen and oxygen atoms in total. The Kier molecular flexibility index (Phi) is 7.41. The molecule has 0 fully saturated rings. The molecule has 0 saturated heterocycles. The Labute approximate surface area is 141 Å². The van der Waals surface area contributed by atoms with Crippen molar-refractivity contribution in [3.05, 3.63) is 30.3 Å². The molecule has 132 valence electrons. The minimum absolute atomic E-state index is 0.00266. The van der Waals surface area contributed by atoms with Crippen LogP contribution in [0, 0.1) is 0 Å². The second-order valence-electron chi connectivity index (χ2n) is 6.81. The molecule has 0 unspecified atom stereocenters. The summed E-state index contributed by atoms with van der Waals surface area (Å²) >= 11 is 0. The zero-order valence-electron chi connectivity index (χ0n) is 14.7. The van der Waals surface area contributed by atoms with Gasteiger partial charge in [0.2, 0.25) is 0 Å². The summed E-state index contributed by atoms with van der Waals surface area (Å²) in [5.41, 5.74) is 0. The lowest BCUT2D eigenvalue weighted by atomic mass is 10.2. The molecular weight excluding hydrogens is 332 g/mol. The molecule has 0 bridgehead atoms. The molecule has 1 aromatic carbocycles. The summed E-state index contributed by atoms with van der Waals surface area (Å²) in [6.07, 6.45) is 0. The van der Waals surface area contributed by atoms with Crippen molar-refractivity contribution in [2.45, 2.75) is 43.8 Å². The fourth-order valence-corrected chi connectivity index (χ4v) is 3.47. The van der Waals surface area contributed by atoms with Crippen LogP contribution in [0.3, 0.4) is 0 Å². The van der Waals surface area contributed by atoms with Crippen molar-refractivity contribution in [1.82, 2.24) is 0 Å². The Morgan fingerprint density at radius 2 is 1.52 bits per heavy atom. The van der Waals surface area contributed by atoms with E-state index in [1.165, 1.54) is 12.1 Å². The molecule has 0 aliphatic rings. The van der Waals surface area contributed by atoms with Gasteiger partial charge in [0.1, 0.15) is 0 Å². The molecule has 23 heavy (non-hydrogen) atoms. The fraction of sp³-hybridized carbons (Fsp3) is 0.625. The zero-order chi connectivity index (χ0) is 17.6. The number of ether oxygens (including phenoxy) is 1. The van der Waals surface area contributed by atoms with E-state index in [1.54, 1.807) is 18.2 Å². The van der Waals surface area contributed by atoms with E-state index in [9.17, 15) is 8.42 Å². The predicted octanol–water partition coefficient (Wildman–Crippen LogP) is 3.43. The van der Waals surface area contributed by atoms with Gasteiger partial charge in [0, 0.05) is 0 Å². The van der Waals surface area contributed by atoms with Crippen molar-refractivity contribution >= 4 is 18.4 Å². The van der Waals surface area contributed by atoms with Gasteiger partial charge in [-0.2, -0.15) is 8.42 Å². The molecule has 0 N–H and O–H groups in total. The van der Waals surface area contributed by atoms with Gasteiger partial charge < -0.3 is 9.16 Å². The van der Waals surface area contributed by atoms with Gasteiger partial charge in [-0.3, -0.25) is 4.18 Å². The van der Waals surface area contributed by atoms with E-state index in [4.69, 9.17) is 13.3 Å². The minimum atomic E-state index is -3.70. The highest BCUT2D eigenvalue weighted by atomic mass is 32.2. The number of hydrogen-bond donors (Lipinski definition) is 0. The van der Waals surface area contributed by atoms with E-state index >= 15 is 0 Å². The first-order valence-electron chi connectivity index (χ1n) is 7.72. The molecule has 1 rings (SSSR count). The van der Waals surface area contributed by atoms with E-state index in [-0.39, 0.29) is 23.1 Å². The highest BCUT2D eigenvalue weighted by Gasteiger charge is 2.36. The monoisotopic (exact) mass is 360 g/mol. The van der Waals surface area contributed by atoms with Crippen LogP contribution >= 0.6 is 0 Å². The maximum Gasteiger partial charge on any atom is 0.297 e. The third-order valence-electron chi connectivity index (χ3n) is 3.99. The van der Waals surface area contributed by atoms with E-state index in [2.05, 4.69) is 33.9 Å². The molecule has 0 aromatic heterocycles. The van der Waals surface area contributed by atoms with Crippen LogP contribution in [-0.4, -0.2) is 43.2 Å². The van der Waals surface area contributed by atoms with Crippen LogP contribution in [0.4, 0.5) is 0 Å². The molecule has 1 aromatic rings. The smallest absolute Gasteiger partial charge is 0.297 e.